The number of nitrogens with one attached hydrogen (secondary N) is 3. The maximum atomic E-state index is 12.4. The average Bonchev–Trinajstić information content (AvgIpc) is 3.14. The van der Waals surface area contributed by atoms with E-state index in [1.807, 2.05) is 31.2 Å². The largest absolute Gasteiger partial charge is 0.332 e. The molecule has 26 heavy (non-hydrogen) atoms. The van der Waals surface area contributed by atoms with Crippen LogP contribution >= 0.6 is 23.6 Å². The number of aryl methyl sites for hydroxylation is 1. The molecule has 0 aliphatic heterocycles. The molecule has 5 nitrogen and oxygen atoms in total. The lowest BCUT2D eigenvalue weighted by atomic mass is 10.2. The van der Waals surface area contributed by atoms with E-state index in [0.717, 1.165) is 22.6 Å². The SMILES string of the molecule is Cc1ccc(NC(=S)Nc2ccccc2NS(=O)(=O)c2cccs2)cc1. The molecule has 0 amide bonds. The van der Waals surface area contributed by atoms with Gasteiger partial charge in [-0.25, -0.2) is 8.42 Å². The Morgan fingerprint density at radius 2 is 1.62 bits per heavy atom. The smallest absolute Gasteiger partial charge is 0.271 e. The normalized spacial score (nSPS) is 11.0. The highest BCUT2D eigenvalue weighted by Crippen LogP contribution is 2.26. The van der Waals surface area contributed by atoms with E-state index in [0.29, 0.717) is 16.5 Å². The Hall–Kier alpha value is -2.42. The van der Waals surface area contributed by atoms with E-state index in [4.69, 9.17) is 12.2 Å². The summed E-state index contributed by atoms with van der Waals surface area (Å²) in [5.74, 6) is 0. The Morgan fingerprint density at radius 1 is 0.923 bits per heavy atom. The van der Waals surface area contributed by atoms with Crippen LogP contribution in [0, 0.1) is 6.92 Å². The van der Waals surface area contributed by atoms with Gasteiger partial charge in [-0.3, -0.25) is 4.72 Å². The summed E-state index contributed by atoms with van der Waals surface area (Å²) in [5, 5.41) is 8.21. The molecule has 2 aromatic carbocycles. The first-order chi connectivity index (χ1) is 12.4. The second-order valence-corrected chi connectivity index (χ2v) is 8.79. The van der Waals surface area contributed by atoms with Crippen molar-refractivity contribution in [1.82, 2.24) is 0 Å². The molecule has 0 unspecified atom stereocenters. The van der Waals surface area contributed by atoms with Crippen molar-refractivity contribution >= 4 is 55.8 Å². The van der Waals surface area contributed by atoms with Gasteiger partial charge in [0.05, 0.1) is 11.4 Å². The maximum Gasteiger partial charge on any atom is 0.271 e. The minimum Gasteiger partial charge on any atom is -0.332 e. The van der Waals surface area contributed by atoms with Gasteiger partial charge in [0.25, 0.3) is 10.0 Å². The first kappa shape index (κ1) is 18.4. The Bertz CT molecular complexity index is 998. The molecule has 0 atom stereocenters. The van der Waals surface area contributed by atoms with Crippen molar-refractivity contribution in [1.29, 1.82) is 0 Å². The summed E-state index contributed by atoms with van der Waals surface area (Å²) in [5.41, 5.74) is 3.00. The zero-order chi connectivity index (χ0) is 18.6. The molecule has 0 aliphatic rings. The van der Waals surface area contributed by atoms with Gasteiger partial charge < -0.3 is 10.6 Å². The third-order valence-electron chi connectivity index (χ3n) is 3.49. The van der Waals surface area contributed by atoms with E-state index in [1.165, 1.54) is 0 Å². The summed E-state index contributed by atoms with van der Waals surface area (Å²) in [4.78, 5) is 0. The predicted molar refractivity (Wildman–Crippen MR) is 113 cm³/mol. The zero-order valence-corrected chi connectivity index (χ0v) is 16.3. The molecule has 1 heterocycles. The summed E-state index contributed by atoms with van der Waals surface area (Å²) >= 11 is 6.50. The fourth-order valence-corrected chi connectivity index (χ4v) is 4.51. The number of para-hydroxylation sites is 2. The first-order valence-corrected chi connectivity index (χ1v) is 10.5. The van der Waals surface area contributed by atoms with Crippen molar-refractivity contribution in [2.45, 2.75) is 11.1 Å². The Morgan fingerprint density at radius 3 is 2.27 bits per heavy atom. The van der Waals surface area contributed by atoms with Crippen LogP contribution in [0.15, 0.2) is 70.3 Å². The van der Waals surface area contributed by atoms with Crippen LogP contribution in [0.4, 0.5) is 17.1 Å². The van der Waals surface area contributed by atoms with Crippen molar-refractivity contribution < 1.29 is 8.42 Å². The van der Waals surface area contributed by atoms with Gasteiger partial charge >= 0.3 is 0 Å². The molecule has 0 fully saturated rings. The van der Waals surface area contributed by atoms with Crippen molar-refractivity contribution in [3.05, 3.63) is 71.6 Å². The lowest BCUT2D eigenvalue weighted by Crippen LogP contribution is -2.21. The molecule has 0 saturated heterocycles. The molecule has 134 valence electrons. The van der Waals surface area contributed by atoms with E-state index in [1.54, 1.807) is 41.8 Å². The summed E-state index contributed by atoms with van der Waals surface area (Å²) < 4.78 is 27.7. The van der Waals surface area contributed by atoms with Crippen LogP contribution < -0.4 is 15.4 Å². The highest BCUT2D eigenvalue weighted by Gasteiger charge is 2.17. The first-order valence-electron chi connectivity index (χ1n) is 7.74. The number of anilines is 3. The minimum absolute atomic E-state index is 0.257. The summed E-state index contributed by atoms with van der Waals surface area (Å²) in [6, 6.07) is 18.1. The standard InChI is InChI=1S/C18H17N3O2S3/c1-13-8-10-14(11-9-13)19-18(24)20-15-5-2-3-6-16(15)21-26(22,23)17-7-4-12-25-17/h2-12,21H,1H3,(H2,19,20,24). The van der Waals surface area contributed by atoms with E-state index in [9.17, 15) is 8.42 Å². The van der Waals surface area contributed by atoms with Crippen molar-refractivity contribution in [2.24, 2.45) is 0 Å². The molecule has 0 aliphatic carbocycles. The van der Waals surface area contributed by atoms with Gasteiger partial charge in [0.1, 0.15) is 4.21 Å². The van der Waals surface area contributed by atoms with E-state index in [-0.39, 0.29) is 4.21 Å². The quantitative estimate of drug-likeness (QED) is 0.540. The Labute approximate surface area is 162 Å². The highest BCUT2D eigenvalue weighted by molar-refractivity contribution is 7.94. The molecule has 3 N–H and O–H groups in total. The second kappa shape index (κ2) is 7.86. The molecule has 0 saturated carbocycles. The average molecular weight is 404 g/mol. The van der Waals surface area contributed by atoms with Crippen LogP contribution in [-0.2, 0) is 10.0 Å². The van der Waals surface area contributed by atoms with Gasteiger partial charge in [-0.15, -0.1) is 11.3 Å². The minimum atomic E-state index is -3.63. The zero-order valence-electron chi connectivity index (χ0n) is 13.9. The van der Waals surface area contributed by atoms with Crippen molar-refractivity contribution in [2.75, 3.05) is 15.4 Å². The molecular formula is C18H17N3O2S3. The lowest BCUT2D eigenvalue weighted by molar-refractivity contribution is 0.603. The number of benzene rings is 2. The molecule has 1 aromatic heterocycles. The maximum absolute atomic E-state index is 12.4. The molecule has 3 aromatic rings. The van der Waals surface area contributed by atoms with Crippen LogP contribution in [0.25, 0.3) is 0 Å². The third-order valence-corrected chi connectivity index (χ3v) is 6.46. The molecule has 0 bridgehead atoms. The fourth-order valence-electron chi connectivity index (χ4n) is 2.21. The Kier molecular flexibility index (Phi) is 5.55. The van der Waals surface area contributed by atoms with Crippen LogP contribution in [0.2, 0.25) is 0 Å². The molecule has 8 heteroatoms. The van der Waals surface area contributed by atoms with E-state index < -0.39 is 10.0 Å². The molecule has 0 spiro atoms. The summed E-state index contributed by atoms with van der Waals surface area (Å²) in [6.07, 6.45) is 0. The summed E-state index contributed by atoms with van der Waals surface area (Å²) in [6.45, 7) is 2.01. The lowest BCUT2D eigenvalue weighted by Gasteiger charge is -2.15. The fraction of sp³-hybridized carbons (Fsp3) is 0.0556. The topological polar surface area (TPSA) is 70.2 Å². The van der Waals surface area contributed by atoms with Crippen LogP contribution in [0.5, 0.6) is 0 Å². The van der Waals surface area contributed by atoms with Gasteiger partial charge in [-0.2, -0.15) is 0 Å². The Balaban J connectivity index is 1.75. The number of thiocarbonyl (C=S) groups is 1. The monoisotopic (exact) mass is 403 g/mol. The predicted octanol–water partition coefficient (Wildman–Crippen LogP) is 4.67. The number of hydrogen-bond acceptors (Lipinski definition) is 4. The molecular weight excluding hydrogens is 386 g/mol. The number of rotatable bonds is 5. The number of thiophene rings is 1. The summed E-state index contributed by atoms with van der Waals surface area (Å²) in [7, 11) is -3.63. The van der Waals surface area contributed by atoms with Crippen LogP contribution in [0.1, 0.15) is 5.56 Å². The third kappa shape index (κ3) is 4.60. The molecule has 0 radical (unpaired) electrons. The van der Waals surface area contributed by atoms with Gasteiger partial charge in [0.15, 0.2) is 5.11 Å². The number of sulfonamides is 1. The number of hydrogen-bond donors (Lipinski definition) is 3. The van der Waals surface area contributed by atoms with Gasteiger partial charge in [-0.1, -0.05) is 35.9 Å². The van der Waals surface area contributed by atoms with Crippen molar-refractivity contribution in [3.8, 4) is 0 Å². The molecule has 3 rings (SSSR count). The van der Waals surface area contributed by atoms with E-state index in [2.05, 4.69) is 15.4 Å². The highest BCUT2D eigenvalue weighted by atomic mass is 32.2. The van der Waals surface area contributed by atoms with Crippen LogP contribution in [-0.4, -0.2) is 13.5 Å². The van der Waals surface area contributed by atoms with Crippen molar-refractivity contribution in [3.63, 3.8) is 0 Å². The van der Waals surface area contributed by atoms with Crippen LogP contribution in [0.3, 0.4) is 0 Å². The van der Waals surface area contributed by atoms with Gasteiger partial charge in [0.2, 0.25) is 0 Å². The second-order valence-electron chi connectivity index (χ2n) is 5.53. The van der Waals surface area contributed by atoms with E-state index >= 15 is 0 Å². The van der Waals surface area contributed by atoms with Gasteiger partial charge in [0, 0.05) is 5.69 Å². The van der Waals surface area contributed by atoms with Gasteiger partial charge in [-0.05, 0) is 54.9 Å².